The van der Waals surface area contributed by atoms with E-state index in [0.29, 0.717) is 0 Å². The molecule has 0 aliphatic carbocycles. The van der Waals surface area contributed by atoms with Crippen molar-refractivity contribution in [2.75, 3.05) is 13.1 Å². The zero-order chi connectivity index (χ0) is 8.69. The standard InChI is InChI=1S/C10H23N/c1-5-11-8-6-7-10(4)9(2)3/h9-11H,5-8H2,1-4H3/t10-/m1/s1. The van der Waals surface area contributed by atoms with Crippen molar-refractivity contribution < 1.29 is 0 Å². The summed E-state index contributed by atoms with van der Waals surface area (Å²) >= 11 is 0. The Kier molecular flexibility index (Phi) is 6.63. The number of rotatable bonds is 6. The van der Waals surface area contributed by atoms with Crippen molar-refractivity contribution >= 4 is 0 Å². The van der Waals surface area contributed by atoms with E-state index in [1.165, 1.54) is 19.4 Å². The summed E-state index contributed by atoms with van der Waals surface area (Å²) in [6.45, 7) is 11.4. The highest BCUT2D eigenvalue weighted by Crippen LogP contribution is 2.14. The third-order valence-corrected chi connectivity index (χ3v) is 2.40. The van der Waals surface area contributed by atoms with Crippen molar-refractivity contribution in [1.82, 2.24) is 5.32 Å². The number of hydrogen-bond acceptors (Lipinski definition) is 1. The Bertz CT molecular complexity index is 78.9. The van der Waals surface area contributed by atoms with Crippen molar-refractivity contribution in [2.24, 2.45) is 11.8 Å². The van der Waals surface area contributed by atoms with Gasteiger partial charge in [-0.15, -0.1) is 0 Å². The molecule has 0 aliphatic rings. The molecule has 0 amide bonds. The Balaban J connectivity index is 3.10. The van der Waals surface area contributed by atoms with Gasteiger partial charge in [-0.25, -0.2) is 0 Å². The van der Waals surface area contributed by atoms with E-state index in [2.05, 4.69) is 33.0 Å². The molecule has 0 unspecified atom stereocenters. The highest BCUT2D eigenvalue weighted by molar-refractivity contribution is 4.57. The number of hydrogen-bond donors (Lipinski definition) is 1. The summed E-state index contributed by atoms with van der Waals surface area (Å²) in [5, 5.41) is 3.34. The zero-order valence-electron chi connectivity index (χ0n) is 8.48. The number of nitrogens with one attached hydrogen (secondary N) is 1. The van der Waals surface area contributed by atoms with Crippen LogP contribution in [0.4, 0.5) is 0 Å². The van der Waals surface area contributed by atoms with E-state index in [4.69, 9.17) is 0 Å². The molecular weight excluding hydrogens is 134 g/mol. The van der Waals surface area contributed by atoms with Crippen LogP contribution in [0.2, 0.25) is 0 Å². The van der Waals surface area contributed by atoms with Gasteiger partial charge in [-0.2, -0.15) is 0 Å². The van der Waals surface area contributed by atoms with Crippen molar-refractivity contribution in [2.45, 2.75) is 40.5 Å². The maximum absolute atomic E-state index is 3.34. The summed E-state index contributed by atoms with van der Waals surface area (Å²) in [5.74, 6) is 1.73. The fourth-order valence-electron chi connectivity index (χ4n) is 1.06. The van der Waals surface area contributed by atoms with Crippen molar-refractivity contribution in [3.8, 4) is 0 Å². The van der Waals surface area contributed by atoms with E-state index in [0.717, 1.165) is 18.4 Å². The maximum Gasteiger partial charge on any atom is -0.00489 e. The van der Waals surface area contributed by atoms with E-state index >= 15 is 0 Å². The van der Waals surface area contributed by atoms with Gasteiger partial charge in [-0.3, -0.25) is 0 Å². The lowest BCUT2D eigenvalue weighted by molar-refractivity contribution is 0.379. The van der Waals surface area contributed by atoms with Crippen molar-refractivity contribution in [3.05, 3.63) is 0 Å². The van der Waals surface area contributed by atoms with Gasteiger partial charge in [0.15, 0.2) is 0 Å². The first kappa shape index (κ1) is 11.0. The average molecular weight is 157 g/mol. The van der Waals surface area contributed by atoms with Gasteiger partial charge in [0.1, 0.15) is 0 Å². The lowest BCUT2D eigenvalue weighted by Crippen LogP contribution is -2.15. The molecular formula is C10H23N. The Morgan fingerprint density at radius 1 is 1.18 bits per heavy atom. The fraction of sp³-hybridized carbons (Fsp3) is 1.00. The van der Waals surface area contributed by atoms with Crippen LogP contribution in [0.25, 0.3) is 0 Å². The minimum atomic E-state index is 0.844. The molecule has 0 rings (SSSR count). The smallest absolute Gasteiger partial charge is 0.00489 e. The van der Waals surface area contributed by atoms with Crippen LogP contribution in [0.15, 0.2) is 0 Å². The molecule has 0 saturated heterocycles. The summed E-state index contributed by atoms with van der Waals surface area (Å²) < 4.78 is 0. The molecule has 1 N–H and O–H groups in total. The summed E-state index contributed by atoms with van der Waals surface area (Å²) in [4.78, 5) is 0. The highest BCUT2D eigenvalue weighted by Gasteiger charge is 2.05. The van der Waals surface area contributed by atoms with Gasteiger partial charge in [-0.1, -0.05) is 27.7 Å². The highest BCUT2D eigenvalue weighted by atomic mass is 14.8. The molecule has 1 atom stereocenters. The molecule has 0 fully saturated rings. The second-order valence-corrected chi connectivity index (χ2v) is 3.72. The summed E-state index contributed by atoms with van der Waals surface area (Å²) in [7, 11) is 0. The van der Waals surface area contributed by atoms with E-state index in [-0.39, 0.29) is 0 Å². The van der Waals surface area contributed by atoms with Gasteiger partial charge in [0, 0.05) is 0 Å². The van der Waals surface area contributed by atoms with Crippen LogP contribution in [-0.2, 0) is 0 Å². The SMILES string of the molecule is CCNCCC[C@@H](C)C(C)C. The summed E-state index contributed by atoms with van der Waals surface area (Å²) in [5.41, 5.74) is 0. The first-order chi connectivity index (χ1) is 5.18. The van der Waals surface area contributed by atoms with Gasteiger partial charge in [0.05, 0.1) is 0 Å². The maximum atomic E-state index is 3.34. The fourth-order valence-corrected chi connectivity index (χ4v) is 1.06. The quantitative estimate of drug-likeness (QED) is 0.584. The monoisotopic (exact) mass is 157 g/mol. The van der Waals surface area contributed by atoms with E-state index in [9.17, 15) is 0 Å². The molecule has 0 heterocycles. The average Bonchev–Trinajstić information content (AvgIpc) is 1.97. The minimum Gasteiger partial charge on any atom is -0.317 e. The summed E-state index contributed by atoms with van der Waals surface area (Å²) in [6.07, 6.45) is 2.69. The predicted molar refractivity (Wildman–Crippen MR) is 51.8 cm³/mol. The van der Waals surface area contributed by atoms with Crippen LogP contribution in [0.5, 0.6) is 0 Å². The van der Waals surface area contributed by atoms with Gasteiger partial charge < -0.3 is 5.32 Å². The first-order valence-corrected chi connectivity index (χ1v) is 4.89. The second-order valence-electron chi connectivity index (χ2n) is 3.72. The van der Waals surface area contributed by atoms with Crippen molar-refractivity contribution in [1.29, 1.82) is 0 Å². The van der Waals surface area contributed by atoms with Crippen molar-refractivity contribution in [3.63, 3.8) is 0 Å². The molecule has 1 nitrogen and oxygen atoms in total. The molecule has 11 heavy (non-hydrogen) atoms. The Hall–Kier alpha value is -0.0400. The van der Waals surface area contributed by atoms with Crippen LogP contribution in [0, 0.1) is 11.8 Å². The Morgan fingerprint density at radius 2 is 1.82 bits per heavy atom. The topological polar surface area (TPSA) is 12.0 Å². The molecule has 0 aromatic carbocycles. The Labute approximate surface area is 71.6 Å². The summed E-state index contributed by atoms with van der Waals surface area (Å²) in [6, 6.07) is 0. The molecule has 0 radical (unpaired) electrons. The van der Waals surface area contributed by atoms with E-state index in [1.54, 1.807) is 0 Å². The predicted octanol–water partition coefficient (Wildman–Crippen LogP) is 2.67. The molecule has 0 aromatic rings. The molecule has 0 aliphatic heterocycles. The normalized spacial score (nSPS) is 13.9. The van der Waals surface area contributed by atoms with E-state index in [1.807, 2.05) is 0 Å². The third-order valence-electron chi connectivity index (χ3n) is 2.40. The van der Waals surface area contributed by atoms with Crippen LogP contribution in [0.1, 0.15) is 40.5 Å². The molecule has 1 heteroatoms. The molecule has 0 spiro atoms. The first-order valence-electron chi connectivity index (χ1n) is 4.89. The molecule has 0 bridgehead atoms. The molecule has 68 valence electrons. The zero-order valence-corrected chi connectivity index (χ0v) is 8.48. The van der Waals surface area contributed by atoms with Gasteiger partial charge >= 0.3 is 0 Å². The van der Waals surface area contributed by atoms with Crippen LogP contribution in [-0.4, -0.2) is 13.1 Å². The van der Waals surface area contributed by atoms with Crippen LogP contribution >= 0.6 is 0 Å². The largest absolute Gasteiger partial charge is 0.317 e. The van der Waals surface area contributed by atoms with Crippen LogP contribution in [0.3, 0.4) is 0 Å². The second kappa shape index (κ2) is 6.66. The molecule has 0 saturated carbocycles. The van der Waals surface area contributed by atoms with Gasteiger partial charge in [0.2, 0.25) is 0 Å². The van der Waals surface area contributed by atoms with E-state index < -0.39 is 0 Å². The van der Waals surface area contributed by atoms with Gasteiger partial charge in [-0.05, 0) is 37.8 Å². The lowest BCUT2D eigenvalue weighted by atomic mass is 9.93. The molecule has 0 aromatic heterocycles. The third kappa shape index (κ3) is 6.36. The Morgan fingerprint density at radius 3 is 2.27 bits per heavy atom. The van der Waals surface area contributed by atoms with Gasteiger partial charge in [0.25, 0.3) is 0 Å². The van der Waals surface area contributed by atoms with Crippen LogP contribution < -0.4 is 5.32 Å². The lowest BCUT2D eigenvalue weighted by Gasteiger charge is -2.14. The minimum absolute atomic E-state index is 0.844.